The monoisotopic (exact) mass is 295 g/mol. The molecule has 1 aliphatic heterocycles. The van der Waals surface area contributed by atoms with E-state index in [9.17, 15) is 9.59 Å². The van der Waals surface area contributed by atoms with Gasteiger partial charge in [-0.05, 0) is 40.5 Å². The Morgan fingerprint density at radius 1 is 1.14 bits per heavy atom. The van der Waals surface area contributed by atoms with E-state index in [4.69, 9.17) is 0 Å². The lowest BCUT2D eigenvalue weighted by molar-refractivity contribution is -0.128. The van der Waals surface area contributed by atoms with Crippen molar-refractivity contribution in [2.75, 3.05) is 6.54 Å². The molecule has 2 aliphatic rings. The number of hydrogen-bond acceptors (Lipinski definition) is 3. The van der Waals surface area contributed by atoms with Crippen LogP contribution in [0.5, 0.6) is 0 Å². The van der Waals surface area contributed by atoms with Crippen LogP contribution in [-0.2, 0) is 4.79 Å². The summed E-state index contributed by atoms with van der Waals surface area (Å²) in [7, 11) is 0. The summed E-state index contributed by atoms with van der Waals surface area (Å²) in [6, 6.07) is 0.00543. The molecule has 0 atom stereocenters. The molecule has 1 saturated carbocycles. The Morgan fingerprint density at radius 3 is 2.38 bits per heavy atom. The number of imide groups is 1. The fourth-order valence-corrected chi connectivity index (χ4v) is 3.64. The van der Waals surface area contributed by atoms with Gasteiger partial charge in [-0.1, -0.05) is 19.3 Å². The van der Waals surface area contributed by atoms with E-state index in [0.717, 1.165) is 12.8 Å². The summed E-state index contributed by atoms with van der Waals surface area (Å²) in [4.78, 5) is 26.3. The topological polar surface area (TPSA) is 61.4 Å². The second-order valence-corrected chi connectivity index (χ2v) is 7.83. The molecule has 1 saturated heterocycles. The lowest BCUT2D eigenvalue weighted by Gasteiger charge is -2.34. The van der Waals surface area contributed by atoms with Crippen LogP contribution in [0.1, 0.15) is 66.2 Å². The van der Waals surface area contributed by atoms with Crippen LogP contribution in [0.15, 0.2) is 0 Å². The second-order valence-electron chi connectivity index (χ2n) is 7.83. The van der Waals surface area contributed by atoms with Gasteiger partial charge in [0.2, 0.25) is 5.91 Å². The third kappa shape index (κ3) is 4.43. The summed E-state index contributed by atoms with van der Waals surface area (Å²) in [5.41, 5.74) is -0.569. The number of rotatable bonds is 1. The highest BCUT2D eigenvalue weighted by Crippen LogP contribution is 2.23. The maximum Gasteiger partial charge on any atom is 0.324 e. The standard InChI is InChI=1S/C16H29N3O2/c1-15(2)10-13(20)19(11-16(3,4)18-15)14(21)17-12-8-6-5-7-9-12/h12,18H,5-11H2,1-4H3,(H,17,21). The van der Waals surface area contributed by atoms with E-state index in [1.807, 2.05) is 27.7 Å². The van der Waals surface area contributed by atoms with Gasteiger partial charge in [0.15, 0.2) is 0 Å². The minimum absolute atomic E-state index is 0.0913. The summed E-state index contributed by atoms with van der Waals surface area (Å²) in [6.07, 6.45) is 5.98. The molecule has 0 spiro atoms. The van der Waals surface area contributed by atoms with Crippen LogP contribution in [0, 0.1) is 0 Å². The highest BCUT2D eigenvalue weighted by molar-refractivity contribution is 5.95. The average molecular weight is 295 g/mol. The Hall–Kier alpha value is -1.10. The Bertz CT molecular complexity index is 412. The summed E-state index contributed by atoms with van der Waals surface area (Å²) >= 11 is 0. The zero-order valence-electron chi connectivity index (χ0n) is 13.8. The first-order valence-electron chi connectivity index (χ1n) is 8.09. The Balaban J connectivity index is 2.05. The third-order valence-corrected chi connectivity index (χ3v) is 4.30. The molecular weight excluding hydrogens is 266 g/mol. The fraction of sp³-hybridized carbons (Fsp3) is 0.875. The Labute approximate surface area is 127 Å². The molecule has 0 aromatic rings. The van der Waals surface area contributed by atoms with E-state index in [-0.39, 0.29) is 29.1 Å². The quantitative estimate of drug-likeness (QED) is 0.781. The lowest BCUT2D eigenvalue weighted by atomic mass is 9.96. The molecule has 120 valence electrons. The van der Waals surface area contributed by atoms with E-state index in [1.54, 1.807) is 0 Å². The summed E-state index contributed by atoms with van der Waals surface area (Å²) < 4.78 is 0. The predicted octanol–water partition coefficient (Wildman–Crippen LogP) is 2.41. The van der Waals surface area contributed by atoms with E-state index in [1.165, 1.54) is 24.2 Å². The van der Waals surface area contributed by atoms with Gasteiger partial charge in [0, 0.05) is 30.1 Å². The van der Waals surface area contributed by atoms with Crippen molar-refractivity contribution >= 4 is 11.9 Å². The normalized spacial score (nSPS) is 26.3. The number of nitrogens with one attached hydrogen (secondary N) is 2. The molecule has 2 N–H and O–H groups in total. The van der Waals surface area contributed by atoms with Crippen molar-refractivity contribution < 1.29 is 9.59 Å². The zero-order chi connectivity index (χ0) is 15.7. The van der Waals surface area contributed by atoms with Gasteiger partial charge in [-0.25, -0.2) is 4.79 Å². The highest BCUT2D eigenvalue weighted by Gasteiger charge is 2.40. The molecule has 0 bridgehead atoms. The third-order valence-electron chi connectivity index (χ3n) is 4.30. The smallest absolute Gasteiger partial charge is 0.324 e. The first kappa shape index (κ1) is 16.3. The lowest BCUT2D eigenvalue weighted by Crippen LogP contribution is -2.55. The summed E-state index contributed by atoms with van der Waals surface area (Å²) in [5, 5.41) is 6.52. The molecule has 0 aromatic carbocycles. The molecule has 2 rings (SSSR count). The molecular formula is C16H29N3O2. The molecule has 1 heterocycles. The molecule has 0 unspecified atom stereocenters. The van der Waals surface area contributed by atoms with Crippen LogP contribution < -0.4 is 10.6 Å². The minimum atomic E-state index is -0.291. The predicted molar refractivity (Wildman–Crippen MR) is 83.0 cm³/mol. The van der Waals surface area contributed by atoms with Gasteiger partial charge in [-0.2, -0.15) is 0 Å². The second kappa shape index (κ2) is 5.95. The van der Waals surface area contributed by atoms with Crippen molar-refractivity contribution in [1.29, 1.82) is 0 Å². The van der Waals surface area contributed by atoms with E-state index < -0.39 is 0 Å². The van der Waals surface area contributed by atoms with Crippen LogP contribution in [0.25, 0.3) is 0 Å². The van der Waals surface area contributed by atoms with Crippen LogP contribution in [-0.4, -0.2) is 40.5 Å². The first-order chi connectivity index (χ1) is 9.69. The fourth-order valence-electron chi connectivity index (χ4n) is 3.64. The van der Waals surface area contributed by atoms with Crippen molar-refractivity contribution in [2.24, 2.45) is 0 Å². The first-order valence-corrected chi connectivity index (χ1v) is 8.09. The number of urea groups is 1. The van der Waals surface area contributed by atoms with Gasteiger partial charge in [-0.15, -0.1) is 0 Å². The van der Waals surface area contributed by atoms with E-state index >= 15 is 0 Å². The van der Waals surface area contributed by atoms with Crippen molar-refractivity contribution in [3.05, 3.63) is 0 Å². The van der Waals surface area contributed by atoms with E-state index in [0.29, 0.717) is 13.0 Å². The number of hydrogen-bond donors (Lipinski definition) is 2. The van der Waals surface area contributed by atoms with Crippen LogP contribution >= 0.6 is 0 Å². The van der Waals surface area contributed by atoms with Gasteiger partial charge < -0.3 is 10.6 Å². The molecule has 0 aromatic heterocycles. The maximum atomic E-state index is 12.5. The number of carbonyl (C=O) groups excluding carboxylic acids is 2. The zero-order valence-corrected chi connectivity index (χ0v) is 13.8. The number of carbonyl (C=O) groups is 2. The molecule has 5 heteroatoms. The van der Waals surface area contributed by atoms with Gasteiger partial charge in [0.1, 0.15) is 0 Å². The summed E-state index contributed by atoms with van der Waals surface area (Å²) in [6.45, 7) is 8.50. The maximum absolute atomic E-state index is 12.5. The van der Waals surface area contributed by atoms with E-state index in [2.05, 4.69) is 10.6 Å². The number of nitrogens with zero attached hydrogens (tertiary/aromatic N) is 1. The highest BCUT2D eigenvalue weighted by atomic mass is 16.2. The van der Waals surface area contributed by atoms with Crippen molar-refractivity contribution in [1.82, 2.24) is 15.5 Å². The van der Waals surface area contributed by atoms with Crippen molar-refractivity contribution in [3.8, 4) is 0 Å². The molecule has 2 fully saturated rings. The SMILES string of the molecule is CC1(C)CC(=O)N(C(=O)NC2CCCCC2)CC(C)(C)N1. The Morgan fingerprint density at radius 2 is 1.76 bits per heavy atom. The summed E-state index contributed by atoms with van der Waals surface area (Å²) in [5.74, 6) is -0.0913. The van der Waals surface area contributed by atoms with Gasteiger partial charge in [0.25, 0.3) is 0 Å². The molecule has 5 nitrogen and oxygen atoms in total. The molecule has 21 heavy (non-hydrogen) atoms. The molecule has 1 aliphatic carbocycles. The van der Waals surface area contributed by atoms with Crippen LogP contribution in [0.4, 0.5) is 4.79 Å². The van der Waals surface area contributed by atoms with Crippen molar-refractivity contribution in [3.63, 3.8) is 0 Å². The van der Waals surface area contributed by atoms with Gasteiger partial charge in [0.05, 0.1) is 0 Å². The Kier molecular flexibility index (Phi) is 4.61. The average Bonchev–Trinajstić information content (AvgIpc) is 2.42. The minimum Gasteiger partial charge on any atom is -0.335 e. The van der Waals surface area contributed by atoms with Crippen LogP contribution in [0.2, 0.25) is 0 Å². The number of amides is 3. The van der Waals surface area contributed by atoms with Gasteiger partial charge in [-0.3, -0.25) is 9.69 Å². The van der Waals surface area contributed by atoms with Gasteiger partial charge >= 0.3 is 6.03 Å². The van der Waals surface area contributed by atoms with Crippen LogP contribution in [0.3, 0.4) is 0 Å². The molecule has 3 amide bonds. The molecule has 0 radical (unpaired) electrons. The van der Waals surface area contributed by atoms with Crippen molar-refractivity contribution in [2.45, 2.75) is 83.3 Å². The largest absolute Gasteiger partial charge is 0.335 e.